The molecule has 0 aromatic rings. The average Bonchev–Trinajstić information content (AvgIpc) is 2.08. The fourth-order valence-electron chi connectivity index (χ4n) is 2.36. The summed E-state index contributed by atoms with van der Waals surface area (Å²) in [7, 11) is 0. The molecule has 2 nitrogen and oxygen atoms in total. The zero-order valence-corrected chi connectivity index (χ0v) is 10.7. The Kier molecular flexibility index (Phi) is 3.80. The van der Waals surface area contributed by atoms with E-state index in [9.17, 15) is 4.79 Å². The molecule has 1 fully saturated rings. The highest BCUT2D eigenvalue weighted by molar-refractivity contribution is 5.73. The van der Waals surface area contributed by atoms with E-state index in [0.717, 1.165) is 12.8 Å². The lowest BCUT2D eigenvalue weighted by Crippen LogP contribution is -2.38. The van der Waals surface area contributed by atoms with Crippen LogP contribution in [0, 0.1) is 17.3 Å². The smallest absolute Gasteiger partial charge is 0.309 e. The summed E-state index contributed by atoms with van der Waals surface area (Å²) in [5, 5.41) is 0. The van der Waals surface area contributed by atoms with Crippen LogP contribution in [0.1, 0.15) is 53.9 Å². The molecule has 1 aliphatic carbocycles. The number of hydrogen-bond donors (Lipinski definition) is 0. The summed E-state index contributed by atoms with van der Waals surface area (Å²) in [5.74, 6) is 0.743. The van der Waals surface area contributed by atoms with Crippen molar-refractivity contribution in [2.75, 3.05) is 0 Å². The van der Waals surface area contributed by atoms with E-state index in [1.165, 1.54) is 6.42 Å². The Hall–Kier alpha value is -0.530. The van der Waals surface area contributed by atoms with E-state index < -0.39 is 0 Å². The van der Waals surface area contributed by atoms with Gasteiger partial charge >= 0.3 is 5.97 Å². The van der Waals surface area contributed by atoms with E-state index in [1.807, 2.05) is 13.8 Å². The fourth-order valence-corrected chi connectivity index (χ4v) is 2.36. The summed E-state index contributed by atoms with van der Waals surface area (Å²) in [6.45, 7) is 10.4. The molecule has 0 heterocycles. The van der Waals surface area contributed by atoms with Crippen LogP contribution in [0.2, 0.25) is 0 Å². The van der Waals surface area contributed by atoms with E-state index in [2.05, 4.69) is 20.8 Å². The summed E-state index contributed by atoms with van der Waals surface area (Å²) < 4.78 is 5.33. The van der Waals surface area contributed by atoms with Crippen molar-refractivity contribution in [1.82, 2.24) is 0 Å². The third-order valence-corrected chi connectivity index (χ3v) is 3.50. The quantitative estimate of drug-likeness (QED) is 0.656. The predicted molar refractivity (Wildman–Crippen MR) is 61.5 cm³/mol. The minimum atomic E-state index is 0.00144. The number of carbonyl (C=O) groups excluding carboxylic acids is 1. The third kappa shape index (κ3) is 3.22. The van der Waals surface area contributed by atoms with E-state index in [0.29, 0.717) is 5.92 Å². The second-order valence-corrected chi connectivity index (χ2v) is 5.91. The van der Waals surface area contributed by atoms with Crippen LogP contribution < -0.4 is 0 Å². The molecular formula is C13H24O2. The van der Waals surface area contributed by atoms with E-state index in [1.54, 1.807) is 0 Å². The zero-order chi connectivity index (χ0) is 11.6. The predicted octanol–water partition coefficient (Wildman–Crippen LogP) is 3.40. The summed E-state index contributed by atoms with van der Waals surface area (Å²) in [5.41, 5.74) is 0.110. The van der Waals surface area contributed by atoms with Crippen LogP contribution in [0.15, 0.2) is 0 Å². The minimum absolute atomic E-state index is 0.00144. The Balaban J connectivity index is 2.67. The monoisotopic (exact) mass is 212 g/mol. The molecule has 0 aromatic carbocycles. The summed E-state index contributed by atoms with van der Waals surface area (Å²) in [6, 6.07) is 0. The van der Waals surface area contributed by atoms with Gasteiger partial charge in [0.2, 0.25) is 0 Å². The van der Waals surface area contributed by atoms with Crippen molar-refractivity contribution in [3.05, 3.63) is 0 Å². The van der Waals surface area contributed by atoms with Crippen LogP contribution in [-0.4, -0.2) is 12.1 Å². The first-order valence-corrected chi connectivity index (χ1v) is 6.03. The van der Waals surface area contributed by atoms with Crippen LogP contribution in [0.5, 0.6) is 0 Å². The van der Waals surface area contributed by atoms with Crippen molar-refractivity contribution < 1.29 is 9.53 Å². The molecular weight excluding hydrogens is 188 g/mol. The molecule has 0 saturated heterocycles. The van der Waals surface area contributed by atoms with Crippen LogP contribution in [0.4, 0.5) is 0 Å². The Morgan fingerprint density at radius 3 is 2.53 bits per heavy atom. The van der Waals surface area contributed by atoms with Gasteiger partial charge in [-0.25, -0.2) is 0 Å². The van der Waals surface area contributed by atoms with Crippen molar-refractivity contribution in [2.24, 2.45) is 17.3 Å². The Bertz CT molecular complexity index is 231. The van der Waals surface area contributed by atoms with Gasteiger partial charge in [-0.3, -0.25) is 4.79 Å². The topological polar surface area (TPSA) is 26.3 Å². The first kappa shape index (κ1) is 12.5. The van der Waals surface area contributed by atoms with Crippen molar-refractivity contribution in [2.45, 2.75) is 60.0 Å². The van der Waals surface area contributed by atoms with Crippen LogP contribution >= 0.6 is 0 Å². The maximum absolute atomic E-state index is 11.9. The van der Waals surface area contributed by atoms with Gasteiger partial charge in [0.15, 0.2) is 0 Å². The first-order chi connectivity index (χ1) is 6.83. The molecule has 1 saturated carbocycles. The van der Waals surface area contributed by atoms with Crippen LogP contribution in [0.25, 0.3) is 0 Å². The molecule has 0 N–H and O–H groups in total. The Labute approximate surface area is 93.4 Å². The number of carbonyl (C=O) groups is 1. The molecule has 15 heavy (non-hydrogen) atoms. The molecule has 88 valence electrons. The maximum Gasteiger partial charge on any atom is 0.309 e. The molecule has 0 amide bonds. The van der Waals surface area contributed by atoms with Gasteiger partial charge in [0.1, 0.15) is 0 Å². The number of esters is 1. The van der Waals surface area contributed by atoms with Gasteiger partial charge in [-0.2, -0.15) is 0 Å². The summed E-state index contributed by atoms with van der Waals surface area (Å²) in [6.07, 6.45) is 3.36. The Morgan fingerprint density at radius 2 is 2.00 bits per heavy atom. The van der Waals surface area contributed by atoms with Crippen molar-refractivity contribution in [3.63, 3.8) is 0 Å². The SMILES string of the molecule is CC1CCC(C)(C)C(C(=O)OC(C)C)C1. The van der Waals surface area contributed by atoms with Gasteiger partial charge in [-0.15, -0.1) is 0 Å². The number of ether oxygens (including phenoxy) is 1. The van der Waals surface area contributed by atoms with Crippen LogP contribution in [0.3, 0.4) is 0 Å². The van der Waals surface area contributed by atoms with Crippen molar-refractivity contribution in [3.8, 4) is 0 Å². The molecule has 2 atom stereocenters. The summed E-state index contributed by atoms with van der Waals surface area (Å²) in [4.78, 5) is 11.9. The van der Waals surface area contributed by atoms with Gasteiger partial charge in [0.25, 0.3) is 0 Å². The molecule has 2 unspecified atom stereocenters. The molecule has 0 spiro atoms. The van der Waals surface area contributed by atoms with Gasteiger partial charge in [-0.1, -0.05) is 27.2 Å². The molecule has 0 bridgehead atoms. The van der Waals surface area contributed by atoms with Crippen LogP contribution in [-0.2, 0) is 9.53 Å². The molecule has 1 aliphatic rings. The summed E-state index contributed by atoms with van der Waals surface area (Å²) >= 11 is 0. The third-order valence-electron chi connectivity index (χ3n) is 3.50. The van der Waals surface area contributed by atoms with Gasteiger partial charge < -0.3 is 4.74 Å². The minimum Gasteiger partial charge on any atom is -0.463 e. The van der Waals surface area contributed by atoms with Gasteiger partial charge in [0.05, 0.1) is 12.0 Å². The highest BCUT2D eigenvalue weighted by atomic mass is 16.5. The van der Waals surface area contributed by atoms with Gasteiger partial charge in [0, 0.05) is 0 Å². The second kappa shape index (κ2) is 4.54. The highest BCUT2D eigenvalue weighted by Gasteiger charge is 2.40. The van der Waals surface area contributed by atoms with Gasteiger partial charge in [-0.05, 0) is 38.0 Å². The van der Waals surface area contributed by atoms with E-state index >= 15 is 0 Å². The lowest BCUT2D eigenvalue weighted by molar-refractivity contribution is -0.159. The largest absolute Gasteiger partial charge is 0.463 e. The van der Waals surface area contributed by atoms with Crippen molar-refractivity contribution in [1.29, 1.82) is 0 Å². The highest BCUT2D eigenvalue weighted by Crippen LogP contribution is 2.43. The molecule has 2 heteroatoms. The first-order valence-electron chi connectivity index (χ1n) is 6.03. The Morgan fingerprint density at radius 1 is 1.40 bits per heavy atom. The fraction of sp³-hybridized carbons (Fsp3) is 0.923. The molecule has 1 rings (SSSR count). The number of rotatable bonds is 2. The average molecular weight is 212 g/mol. The lowest BCUT2D eigenvalue weighted by atomic mass is 9.66. The number of hydrogen-bond acceptors (Lipinski definition) is 2. The van der Waals surface area contributed by atoms with E-state index in [-0.39, 0.29) is 23.4 Å². The standard InChI is InChI=1S/C13H24O2/c1-9(2)15-12(14)11-8-10(3)6-7-13(11,4)5/h9-11H,6-8H2,1-5H3. The van der Waals surface area contributed by atoms with E-state index in [4.69, 9.17) is 4.74 Å². The zero-order valence-electron chi connectivity index (χ0n) is 10.7. The van der Waals surface area contributed by atoms with Crippen molar-refractivity contribution >= 4 is 5.97 Å². The molecule has 0 aliphatic heterocycles. The second-order valence-electron chi connectivity index (χ2n) is 5.91. The molecule has 0 aromatic heterocycles. The molecule has 0 radical (unpaired) electrons. The lowest BCUT2D eigenvalue weighted by Gasteiger charge is -2.39. The maximum atomic E-state index is 11.9. The normalized spacial score (nSPS) is 30.3.